The zero-order chi connectivity index (χ0) is 18.9. The zero-order valence-corrected chi connectivity index (χ0v) is 15.7. The Morgan fingerprint density at radius 1 is 1.07 bits per heavy atom. The summed E-state index contributed by atoms with van der Waals surface area (Å²) in [6.07, 6.45) is 4.16. The van der Waals surface area contributed by atoms with Crippen LogP contribution in [0.25, 0.3) is 0 Å². The van der Waals surface area contributed by atoms with Crippen LogP contribution in [0.2, 0.25) is 0 Å². The maximum atomic E-state index is 13.8. The summed E-state index contributed by atoms with van der Waals surface area (Å²) in [5.74, 6) is -0.223. The summed E-state index contributed by atoms with van der Waals surface area (Å²) in [6, 6.07) is 6.45. The van der Waals surface area contributed by atoms with E-state index in [9.17, 15) is 14.0 Å². The van der Waals surface area contributed by atoms with Gasteiger partial charge in [-0.25, -0.2) is 4.39 Å². The maximum absolute atomic E-state index is 13.8. The van der Waals surface area contributed by atoms with Crippen LogP contribution in [0.4, 0.5) is 4.39 Å². The molecule has 0 radical (unpaired) electrons. The van der Waals surface area contributed by atoms with E-state index in [0.29, 0.717) is 39.4 Å². The molecule has 1 atom stereocenters. The number of morpholine rings is 1. The number of hydrogen-bond acceptors (Lipinski definition) is 3. The topological polar surface area (TPSA) is 49.9 Å². The van der Waals surface area contributed by atoms with Gasteiger partial charge in [0.1, 0.15) is 5.82 Å². The predicted molar refractivity (Wildman–Crippen MR) is 98.6 cm³/mol. The number of nitrogens with zero attached hydrogens (tertiary/aromatic N) is 2. The molecule has 146 valence electrons. The Hall–Kier alpha value is -1.95. The molecule has 1 saturated carbocycles. The van der Waals surface area contributed by atoms with Crippen LogP contribution in [-0.2, 0) is 19.7 Å². The fourth-order valence-corrected chi connectivity index (χ4v) is 4.65. The molecule has 1 unspecified atom stereocenters. The van der Waals surface area contributed by atoms with Gasteiger partial charge in [0.2, 0.25) is 11.8 Å². The van der Waals surface area contributed by atoms with Crippen molar-refractivity contribution in [2.75, 3.05) is 39.4 Å². The van der Waals surface area contributed by atoms with Crippen molar-refractivity contribution in [1.82, 2.24) is 9.80 Å². The van der Waals surface area contributed by atoms with E-state index in [2.05, 4.69) is 0 Å². The summed E-state index contributed by atoms with van der Waals surface area (Å²) >= 11 is 0. The van der Waals surface area contributed by atoms with Gasteiger partial charge in [-0.1, -0.05) is 18.6 Å². The number of halogens is 1. The predicted octanol–water partition coefficient (Wildman–Crippen LogP) is 2.34. The Kier molecular flexibility index (Phi) is 5.17. The second-order valence-corrected chi connectivity index (χ2v) is 7.97. The van der Waals surface area contributed by atoms with Crippen LogP contribution in [-0.4, -0.2) is 61.0 Å². The van der Waals surface area contributed by atoms with E-state index in [-0.39, 0.29) is 23.5 Å². The van der Waals surface area contributed by atoms with E-state index in [1.54, 1.807) is 6.07 Å². The molecule has 1 aliphatic carbocycles. The highest BCUT2D eigenvalue weighted by Crippen LogP contribution is 2.46. The molecule has 3 fully saturated rings. The standard InChI is InChI=1S/C21H27FN2O3/c22-18-6-1-5-17(14-18)21(7-3-8-21)20(26)24-9-2-4-16(15-24)19(25)23-10-12-27-13-11-23/h1,5-6,14,16H,2-4,7-13,15H2. The molecule has 27 heavy (non-hydrogen) atoms. The summed E-state index contributed by atoms with van der Waals surface area (Å²) in [6.45, 7) is 3.61. The van der Waals surface area contributed by atoms with Crippen molar-refractivity contribution in [1.29, 1.82) is 0 Å². The molecule has 6 heteroatoms. The third-order valence-corrected chi connectivity index (χ3v) is 6.37. The Bertz CT molecular complexity index is 713. The SMILES string of the molecule is O=C(C1CCCN(C(=O)C2(c3cccc(F)c3)CCC2)C1)N1CCOCC1. The second kappa shape index (κ2) is 7.58. The summed E-state index contributed by atoms with van der Waals surface area (Å²) in [7, 11) is 0. The molecule has 4 rings (SSSR count). The quantitative estimate of drug-likeness (QED) is 0.816. The maximum Gasteiger partial charge on any atom is 0.233 e. The van der Waals surface area contributed by atoms with Crippen LogP contribution in [0.5, 0.6) is 0 Å². The lowest BCUT2D eigenvalue weighted by atomic mass is 9.63. The van der Waals surface area contributed by atoms with Gasteiger partial charge in [0.15, 0.2) is 0 Å². The molecule has 2 amide bonds. The first kappa shape index (κ1) is 18.4. The number of ether oxygens (including phenoxy) is 1. The van der Waals surface area contributed by atoms with E-state index < -0.39 is 5.41 Å². The third kappa shape index (κ3) is 3.47. The van der Waals surface area contributed by atoms with Crippen molar-refractivity contribution in [3.63, 3.8) is 0 Å². The van der Waals surface area contributed by atoms with Gasteiger partial charge < -0.3 is 14.5 Å². The monoisotopic (exact) mass is 374 g/mol. The molecule has 1 aromatic carbocycles. The molecule has 3 aliphatic rings. The van der Waals surface area contributed by atoms with Crippen molar-refractivity contribution in [3.8, 4) is 0 Å². The average molecular weight is 374 g/mol. The third-order valence-electron chi connectivity index (χ3n) is 6.37. The highest BCUT2D eigenvalue weighted by atomic mass is 19.1. The molecule has 2 saturated heterocycles. The number of amides is 2. The summed E-state index contributed by atoms with van der Waals surface area (Å²) in [5, 5.41) is 0. The van der Waals surface area contributed by atoms with Crippen LogP contribution in [0.3, 0.4) is 0 Å². The molecule has 0 spiro atoms. The van der Waals surface area contributed by atoms with E-state index in [4.69, 9.17) is 4.74 Å². The molecule has 0 bridgehead atoms. The van der Waals surface area contributed by atoms with Gasteiger partial charge in [0.05, 0.1) is 24.5 Å². The van der Waals surface area contributed by atoms with Crippen molar-refractivity contribution >= 4 is 11.8 Å². The number of carbonyl (C=O) groups is 2. The van der Waals surface area contributed by atoms with Gasteiger partial charge in [-0.05, 0) is 43.4 Å². The van der Waals surface area contributed by atoms with E-state index in [1.165, 1.54) is 12.1 Å². The first-order chi connectivity index (χ1) is 13.1. The van der Waals surface area contributed by atoms with E-state index in [0.717, 1.165) is 37.7 Å². The second-order valence-electron chi connectivity index (χ2n) is 7.97. The van der Waals surface area contributed by atoms with Gasteiger partial charge in [0.25, 0.3) is 0 Å². The lowest BCUT2D eigenvalue weighted by Gasteiger charge is -2.46. The zero-order valence-electron chi connectivity index (χ0n) is 15.7. The first-order valence-electron chi connectivity index (χ1n) is 10.0. The molecule has 1 aromatic rings. The molecule has 2 heterocycles. The molecule has 2 aliphatic heterocycles. The van der Waals surface area contributed by atoms with Gasteiger partial charge in [0, 0.05) is 26.2 Å². The van der Waals surface area contributed by atoms with E-state index in [1.807, 2.05) is 15.9 Å². The minimum atomic E-state index is -0.605. The van der Waals surface area contributed by atoms with Gasteiger partial charge >= 0.3 is 0 Å². The molecule has 0 aromatic heterocycles. The summed E-state index contributed by atoms with van der Waals surface area (Å²) < 4.78 is 19.1. The van der Waals surface area contributed by atoms with Crippen molar-refractivity contribution in [3.05, 3.63) is 35.6 Å². The number of rotatable bonds is 3. The lowest BCUT2D eigenvalue weighted by Crippen LogP contribution is -2.55. The Morgan fingerprint density at radius 2 is 1.85 bits per heavy atom. The first-order valence-corrected chi connectivity index (χ1v) is 10.0. The normalized spacial score (nSPS) is 25.0. The molecule has 0 N–H and O–H groups in total. The number of piperidine rings is 1. The highest BCUT2D eigenvalue weighted by molar-refractivity contribution is 5.90. The minimum Gasteiger partial charge on any atom is -0.378 e. The fraction of sp³-hybridized carbons (Fsp3) is 0.619. The fourth-order valence-electron chi connectivity index (χ4n) is 4.65. The largest absolute Gasteiger partial charge is 0.378 e. The van der Waals surface area contributed by atoms with Crippen LogP contribution in [0.15, 0.2) is 24.3 Å². The van der Waals surface area contributed by atoms with Crippen molar-refractivity contribution < 1.29 is 18.7 Å². The number of likely N-dealkylation sites (tertiary alicyclic amines) is 1. The molecular formula is C21H27FN2O3. The number of benzene rings is 1. The molecule has 5 nitrogen and oxygen atoms in total. The van der Waals surface area contributed by atoms with E-state index >= 15 is 0 Å². The Morgan fingerprint density at radius 3 is 2.52 bits per heavy atom. The van der Waals surface area contributed by atoms with Gasteiger partial charge in [-0.15, -0.1) is 0 Å². The van der Waals surface area contributed by atoms with Crippen LogP contribution >= 0.6 is 0 Å². The number of hydrogen-bond donors (Lipinski definition) is 0. The molecular weight excluding hydrogens is 347 g/mol. The minimum absolute atomic E-state index is 0.0684. The van der Waals surface area contributed by atoms with Crippen LogP contribution in [0.1, 0.15) is 37.7 Å². The van der Waals surface area contributed by atoms with Crippen molar-refractivity contribution in [2.45, 2.75) is 37.5 Å². The van der Waals surface area contributed by atoms with Crippen molar-refractivity contribution in [2.24, 2.45) is 5.92 Å². The lowest BCUT2D eigenvalue weighted by molar-refractivity contribution is -0.148. The highest BCUT2D eigenvalue weighted by Gasteiger charge is 2.48. The number of carbonyl (C=O) groups excluding carboxylic acids is 2. The van der Waals surface area contributed by atoms with Crippen LogP contribution < -0.4 is 0 Å². The van der Waals surface area contributed by atoms with Gasteiger partial charge in [-0.2, -0.15) is 0 Å². The smallest absolute Gasteiger partial charge is 0.233 e. The average Bonchev–Trinajstić information content (AvgIpc) is 2.67. The van der Waals surface area contributed by atoms with Crippen LogP contribution in [0, 0.1) is 11.7 Å². The summed E-state index contributed by atoms with van der Waals surface area (Å²) in [5.41, 5.74) is 0.173. The Labute approximate surface area is 159 Å². The Balaban J connectivity index is 1.48. The summed E-state index contributed by atoms with van der Waals surface area (Å²) in [4.78, 5) is 30.0. The van der Waals surface area contributed by atoms with Gasteiger partial charge in [-0.3, -0.25) is 9.59 Å².